The second kappa shape index (κ2) is 4.89. The molecule has 5 nitrogen and oxygen atoms in total. The quantitative estimate of drug-likeness (QED) is 0.715. The van der Waals surface area contributed by atoms with E-state index in [1.54, 1.807) is 23.5 Å². The highest BCUT2D eigenvalue weighted by Gasteiger charge is 2.10. The van der Waals surface area contributed by atoms with Gasteiger partial charge in [0.15, 0.2) is 5.58 Å². The molecule has 3 rings (SSSR count). The Morgan fingerprint density at radius 1 is 1.47 bits per heavy atom. The first-order valence-corrected chi connectivity index (χ1v) is 6.89. The first-order chi connectivity index (χ1) is 9.22. The number of nitrogens with zero attached hydrogens (tertiary/aromatic N) is 2. The number of hydrogen-bond acceptors (Lipinski definition) is 6. The summed E-state index contributed by atoms with van der Waals surface area (Å²) in [7, 11) is 0. The van der Waals surface area contributed by atoms with Gasteiger partial charge in [-0.15, -0.1) is 11.3 Å². The maximum Gasteiger partial charge on any atom is 0.295 e. The third-order valence-corrected chi connectivity index (χ3v) is 3.85. The van der Waals surface area contributed by atoms with Crippen molar-refractivity contribution in [3.63, 3.8) is 0 Å². The fourth-order valence-electron chi connectivity index (χ4n) is 1.83. The van der Waals surface area contributed by atoms with E-state index in [1.165, 1.54) is 0 Å². The Morgan fingerprint density at radius 3 is 3.16 bits per heavy atom. The number of nitrogen functional groups attached to an aromatic ring is 1. The molecule has 0 fully saturated rings. The Morgan fingerprint density at radius 2 is 2.37 bits per heavy atom. The number of rotatable bonds is 4. The first kappa shape index (κ1) is 12.0. The summed E-state index contributed by atoms with van der Waals surface area (Å²) in [6, 6.07) is 5.95. The molecule has 1 aromatic carbocycles. The zero-order valence-electron chi connectivity index (χ0n) is 10.5. The van der Waals surface area contributed by atoms with Gasteiger partial charge in [0.2, 0.25) is 0 Å². The van der Waals surface area contributed by atoms with Crippen LogP contribution in [0.25, 0.3) is 11.1 Å². The molecule has 2 heterocycles. The highest BCUT2D eigenvalue weighted by atomic mass is 32.1. The maximum absolute atomic E-state index is 5.71. The van der Waals surface area contributed by atoms with Gasteiger partial charge in [-0.25, -0.2) is 4.98 Å². The molecule has 1 unspecified atom stereocenters. The summed E-state index contributed by atoms with van der Waals surface area (Å²) in [4.78, 5) is 8.65. The summed E-state index contributed by atoms with van der Waals surface area (Å²) in [5.41, 5.74) is 7.90. The minimum Gasteiger partial charge on any atom is -0.424 e. The molecular weight excluding hydrogens is 260 g/mol. The maximum atomic E-state index is 5.71. The molecule has 3 aromatic rings. The summed E-state index contributed by atoms with van der Waals surface area (Å²) >= 11 is 1.65. The van der Waals surface area contributed by atoms with Gasteiger partial charge in [0.25, 0.3) is 6.01 Å². The molecule has 0 aliphatic rings. The molecule has 0 spiro atoms. The summed E-state index contributed by atoms with van der Waals surface area (Å²) in [6.45, 7) is 2.85. The Bertz CT molecular complexity index is 677. The molecule has 0 aliphatic heterocycles. The summed E-state index contributed by atoms with van der Waals surface area (Å²) < 4.78 is 5.60. The van der Waals surface area contributed by atoms with Crippen molar-refractivity contribution in [2.75, 3.05) is 17.6 Å². The van der Waals surface area contributed by atoms with Gasteiger partial charge in [-0.05, 0) is 18.2 Å². The van der Waals surface area contributed by atoms with E-state index in [0.29, 0.717) is 17.6 Å². The molecule has 0 saturated carbocycles. The van der Waals surface area contributed by atoms with Crippen LogP contribution in [0.2, 0.25) is 0 Å². The van der Waals surface area contributed by atoms with Crippen LogP contribution in [-0.2, 0) is 0 Å². The van der Waals surface area contributed by atoms with Crippen molar-refractivity contribution in [2.24, 2.45) is 0 Å². The molecule has 1 atom stereocenters. The number of fused-ring (bicyclic) bond motifs is 1. The van der Waals surface area contributed by atoms with Crippen molar-refractivity contribution in [3.8, 4) is 0 Å². The van der Waals surface area contributed by atoms with Crippen molar-refractivity contribution in [1.82, 2.24) is 9.97 Å². The summed E-state index contributed by atoms with van der Waals surface area (Å²) in [5, 5.41) is 6.27. The topological polar surface area (TPSA) is 77.0 Å². The molecule has 0 aliphatic carbocycles. The molecule has 0 amide bonds. The van der Waals surface area contributed by atoms with Crippen molar-refractivity contribution in [1.29, 1.82) is 0 Å². The molecule has 3 N–H and O–H groups in total. The van der Waals surface area contributed by atoms with Crippen LogP contribution in [0.5, 0.6) is 0 Å². The van der Waals surface area contributed by atoms with E-state index in [9.17, 15) is 0 Å². The second-order valence-corrected chi connectivity index (χ2v) is 5.32. The van der Waals surface area contributed by atoms with E-state index in [-0.39, 0.29) is 0 Å². The lowest BCUT2D eigenvalue weighted by Gasteiger charge is -2.07. The Balaban J connectivity index is 1.71. The van der Waals surface area contributed by atoms with Gasteiger partial charge in [0, 0.05) is 29.7 Å². The predicted molar refractivity (Wildman–Crippen MR) is 77.4 cm³/mol. The molecular formula is C13H14N4OS. The number of oxazole rings is 1. The average Bonchev–Trinajstić information content (AvgIpc) is 3.04. The third kappa shape index (κ3) is 2.53. The summed E-state index contributed by atoms with van der Waals surface area (Å²) in [6.07, 6.45) is 1.82. The standard InChI is InChI=1S/C13H14N4OS/c1-8(12-15-4-5-19-12)7-16-13-17-10-6-9(14)2-3-11(10)18-13/h2-6,8H,7,14H2,1H3,(H,16,17). The number of nitrogens with two attached hydrogens (primary N) is 1. The van der Waals surface area contributed by atoms with Crippen LogP contribution in [0.15, 0.2) is 34.2 Å². The fraction of sp³-hybridized carbons (Fsp3) is 0.231. The lowest BCUT2D eigenvalue weighted by Crippen LogP contribution is -2.09. The van der Waals surface area contributed by atoms with E-state index in [2.05, 4.69) is 22.2 Å². The molecule has 6 heteroatoms. The van der Waals surface area contributed by atoms with Crippen LogP contribution in [-0.4, -0.2) is 16.5 Å². The largest absolute Gasteiger partial charge is 0.424 e. The van der Waals surface area contributed by atoms with Gasteiger partial charge >= 0.3 is 0 Å². The van der Waals surface area contributed by atoms with Gasteiger partial charge < -0.3 is 15.5 Å². The lowest BCUT2D eigenvalue weighted by molar-refractivity contribution is 0.608. The van der Waals surface area contributed by atoms with Gasteiger partial charge in [0.05, 0.1) is 5.01 Å². The third-order valence-electron chi connectivity index (χ3n) is 2.84. The molecule has 0 bridgehead atoms. The molecule has 0 saturated heterocycles. The van der Waals surface area contributed by atoms with E-state index >= 15 is 0 Å². The Labute approximate surface area is 114 Å². The predicted octanol–water partition coefficient (Wildman–Crippen LogP) is 3.08. The lowest BCUT2D eigenvalue weighted by atomic mass is 10.2. The van der Waals surface area contributed by atoms with Crippen LogP contribution >= 0.6 is 11.3 Å². The Kier molecular flexibility index (Phi) is 3.08. The smallest absolute Gasteiger partial charge is 0.295 e. The molecule has 98 valence electrons. The normalized spacial score (nSPS) is 12.7. The number of hydrogen-bond donors (Lipinski definition) is 2. The number of aromatic nitrogens is 2. The number of anilines is 2. The zero-order valence-corrected chi connectivity index (χ0v) is 11.3. The minimum atomic E-state index is 0.320. The van der Waals surface area contributed by atoms with E-state index < -0.39 is 0 Å². The van der Waals surface area contributed by atoms with E-state index in [0.717, 1.165) is 22.7 Å². The Hall–Kier alpha value is -2.08. The van der Waals surface area contributed by atoms with Crippen LogP contribution < -0.4 is 11.1 Å². The van der Waals surface area contributed by atoms with E-state index in [1.807, 2.05) is 17.6 Å². The molecule has 2 aromatic heterocycles. The fourth-order valence-corrected chi connectivity index (χ4v) is 2.52. The van der Waals surface area contributed by atoms with E-state index in [4.69, 9.17) is 10.2 Å². The van der Waals surface area contributed by atoms with Crippen molar-refractivity contribution < 1.29 is 4.42 Å². The second-order valence-electron chi connectivity index (χ2n) is 4.40. The average molecular weight is 274 g/mol. The van der Waals surface area contributed by atoms with Crippen LogP contribution in [0, 0.1) is 0 Å². The first-order valence-electron chi connectivity index (χ1n) is 6.01. The zero-order chi connectivity index (χ0) is 13.2. The van der Waals surface area contributed by atoms with Crippen LogP contribution in [0.1, 0.15) is 17.8 Å². The highest BCUT2D eigenvalue weighted by molar-refractivity contribution is 7.09. The van der Waals surface area contributed by atoms with Gasteiger partial charge in [-0.2, -0.15) is 4.98 Å². The monoisotopic (exact) mass is 274 g/mol. The van der Waals surface area contributed by atoms with Crippen LogP contribution in [0.3, 0.4) is 0 Å². The number of thiazole rings is 1. The number of nitrogens with one attached hydrogen (secondary N) is 1. The van der Waals surface area contributed by atoms with Gasteiger partial charge in [-0.1, -0.05) is 6.92 Å². The van der Waals surface area contributed by atoms with Crippen molar-refractivity contribution in [3.05, 3.63) is 34.8 Å². The van der Waals surface area contributed by atoms with Crippen molar-refractivity contribution in [2.45, 2.75) is 12.8 Å². The summed E-state index contributed by atoms with van der Waals surface area (Å²) in [5.74, 6) is 0.320. The van der Waals surface area contributed by atoms with Crippen LogP contribution in [0.4, 0.5) is 11.7 Å². The van der Waals surface area contributed by atoms with Gasteiger partial charge in [0.1, 0.15) is 5.52 Å². The number of benzene rings is 1. The molecule has 19 heavy (non-hydrogen) atoms. The molecule has 0 radical (unpaired) electrons. The van der Waals surface area contributed by atoms with Crippen molar-refractivity contribution >= 4 is 34.1 Å². The van der Waals surface area contributed by atoms with Gasteiger partial charge in [-0.3, -0.25) is 0 Å². The SMILES string of the molecule is CC(CNc1nc2cc(N)ccc2o1)c1nccs1. The minimum absolute atomic E-state index is 0.320. The highest BCUT2D eigenvalue weighted by Crippen LogP contribution is 2.22.